The Morgan fingerprint density at radius 1 is 0.404 bits per heavy atom. The molecule has 52 heavy (non-hydrogen) atoms. The van der Waals surface area contributed by atoms with Gasteiger partial charge in [0.1, 0.15) is 22.3 Å². The predicted octanol–water partition coefficient (Wildman–Crippen LogP) is 14.7. The van der Waals surface area contributed by atoms with E-state index in [0.717, 1.165) is 72.1 Å². The molecule has 3 aromatic heterocycles. The van der Waals surface area contributed by atoms with E-state index in [0.29, 0.717) is 0 Å². The standard InChI is InChI=1S/C48H29NO2S/c1-3-12-30(13-4-1)34-24-25-41(46-38-17-8-10-21-43(38)51-47(34)46)49(32-22-26-44-39(28-32)36-16-7-9-20-42(36)50-44)33-23-27-45-40(29-33)37-19-11-18-35(48(37)52-45)31-14-5-2-6-15-31/h1-29H. The Kier molecular flexibility index (Phi) is 6.42. The van der Waals surface area contributed by atoms with Gasteiger partial charge in [-0.15, -0.1) is 11.3 Å². The van der Waals surface area contributed by atoms with Crippen molar-refractivity contribution in [2.24, 2.45) is 0 Å². The van der Waals surface area contributed by atoms with Crippen LogP contribution >= 0.6 is 11.3 Å². The van der Waals surface area contributed by atoms with Crippen molar-refractivity contribution in [1.82, 2.24) is 0 Å². The van der Waals surface area contributed by atoms with E-state index in [1.807, 2.05) is 29.5 Å². The summed E-state index contributed by atoms with van der Waals surface area (Å²) in [4.78, 5) is 2.39. The first-order chi connectivity index (χ1) is 25.8. The molecule has 0 saturated carbocycles. The summed E-state index contributed by atoms with van der Waals surface area (Å²) < 4.78 is 15.6. The van der Waals surface area contributed by atoms with E-state index in [-0.39, 0.29) is 0 Å². The van der Waals surface area contributed by atoms with Gasteiger partial charge >= 0.3 is 0 Å². The first-order valence-corrected chi connectivity index (χ1v) is 18.3. The van der Waals surface area contributed by atoms with Crippen molar-refractivity contribution in [2.75, 3.05) is 4.90 Å². The number of para-hydroxylation sites is 2. The number of furan rings is 2. The van der Waals surface area contributed by atoms with E-state index in [9.17, 15) is 0 Å². The zero-order valence-electron chi connectivity index (χ0n) is 27.9. The normalized spacial score (nSPS) is 11.8. The molecule has 0 amide bonds. The lowest BCUT2D eigenvalue weighted by Crippen LogP contribution is -2.10. The first kappa shape index (κ1) is 29.1. The first-order valence-electron chi connectivity index (χ1n) is 17.5. The number of benzene rings is 8. The fraction of sp³-hybridized carbons (Fsp3) is 0. The highest BCUT2D eigenvalue weighted by Crippen LogP contribution is 2.48. The molecule has 11 rings (SSSR count). The number of hydrogen-bond donors (Lipinski definition) is 0. The number of thiophene rings is 1. The number of fused-ring (bicyclic) bond motifs is 9. The molecule has 0 aliphatic rings. The van der Waals surface area contributed by atoms with E-state index in [2.05, 4.69) is 163 Å². The van der Waals surface area contributed by atoms with Crippen LogP contribution in [0.2, 0.25) is 0 Å². The molecule has 0 atom stereocenters. The molecule has 4 heteroatoms. The van der Waals surface area contributed by atoms with E-state index in [4.69, 9.17) is 8.83 Å². The maximum Gasteiger partial charge on any atom is 0.145 e. The second-order valence-corrected chi connectivity index (χ2v) is 14.3. The predicted molar refractivity (Wildman–Crippen MR) is 219 cm³/mol. The lowest BCUT2D eigenvalue weighted by molar-refractivity contribution is 0.669. The fourth-order valence-electron chi connectivity index (χ4n) is 7.89. The van der Waals surface area contributed by atoms with Gasteiger partial charge in [-0.2, -0.15) is 0 Å². The maximum atomic E-state index is 6.75. The SMILES string of the molecule is c1ccc(-c2ccc(N(c3ccc4oc5ccccc5c4c3)c3ccc4sc5c(-c6ccccc6)cccc5c4c3)c3c2oc2ccccc23)cc1. The van der Waals surface area contributed by atoms with Crippen LogP contribution in [-0.4, -0.2) is 0 Å². The summed E-state index contributed by atoms with van der Waals surface area (Å²) in [6.07, 6.45) is 0. The summed E-state index contributed by atoms with van der Waals surface area (Å²) in [5.74, 6) is 0. The average molecular weight is 684 g/mol. The average Bonchev–Trinajstić information content (AvgIpc) is 3.90. The summed E-state index contributed by atoms with van der Waals surface area (Å²) in [5, 5.41) is 6.85. The maximum absolute atomic E-state index is 6.75. The minimum atomic E-state index is 0.867. The Morgan fingerprint density at radius 3 is 1.81 bits per heavy atom. The molecule has 0 radical (unpaired) electrons. The molecule has 3 heterocycles. The highest BCUT2D eigenvalue weighted by atomic mass is 32.1. The Bertz CT molecular complexity index is 3130. The lowest BCUT2D eigenvalue weighted by Gasteiger charge is -2.27. The molecule has 8 aromatic carbocycles. The zero-order valence-corrected chi connectivity index (χ0v) is 28.7. The van der Waals surface area contributed by atoms with Crippen LogP contribution < -0.4 is 4.90 Å². The van der Waals surface area contributed by atoms with Crippen molar-refractivity contribution in [3.63, 3.8) is 0 Å². The minimum absolute atomic E-state index is 0.867. The van der Waals surface area contributed by atoms with Crippen molar-refractivity contribution >= 4 is 92.4 Å². The van der Waals surface area contributed by atoms with Crippen LogP contribution in [0, 0.1) is 0 Å². The van der Waals surface area contributed by atoms with Crippen LogP contribution in [0.5, 0.6) is 0 Å². The Morgan fingerprint density at radius 2 is 1.02 bits per heavy atom. The molecule has 244 valence electrons. The number of hydrogen-bond acceptors (Lipinski definition) is 4. The summed E-state index contributed by atoms with van der Waals surface area (Å²) >= 11 is 1.86. The third-order valence-electron chi connectivity index (χ3n) is 10.3. The molecule has 0 spiro atoms. The van der Waals surface area contributed by atoms with Crippen molar-refractivity contribution in [3.8, 4) is 22.3 Å². The third-order valence-corrected chi connectivity index (χ3v) is 11.5. The fourth-order valence-corrected chi connectivity index (χ4v) is 9.11. The second kappa shape index (κ2) is 11.5. The second-order valence-electron chi connectivity index (χ2n) is 13.2. The molecule has 0 aliphatic carbocycles. The Hall–Kier alpha value is -6.62. The van der Waals surface area contributed by atoms with Gasteiger partial charge < -0.3 is 13.7 Å². The van der Waals surface area contributed by atoms with Gasteiger partial charge in [0.2, 0.25) is 0 Å². The van der Waals surface area contributed by atoms with Gasteiger partial charge in [0.25, 0.3) is 0 Å². The number of anilines is 3. The number of rotatable bonds is 5. The summed E-state index contributed by atoms with van der Waals surface area (Å²) in [6.45, 7) is 0. The van der Waals surface area contributed by atoms with Crippen molar-refractivity contribution in [2.45, 2.75) is 0 Å². The molecular weight excluding hydrogens is 655 g/mol. The van der Waals surface area contributed by atoms with Crippen LogP contribution in [0.3, 0.4) is 0 Å². The molecule has 0 unspecified atom stereocenters. The van der Waals surface area contributed by atoms with Gasteiger partial charge in [-0.1, -0.05) is 115 Å². The van der Waals surface area contributed by atoms with Crippen molar-refractivity contribution < 1.29 is 8.83 Å². The lowest BCUT2D eigenvalue weighted by atomic mass is 9.99. The van der Waals surface area contributed by atoms with Gasteiger partial charge in [-0.25, -0.2) is 0 Å². The van der Waals surface area contributed by atoms with Crippen LogP contribution in [0.25, 0.3) is 86.3 Å². The highest BCUT2D eigenvalue weighted by Gasteiger charge is 2.24. The largest absolute Gasteiger partial charge is 0.456 e. The minimum Gasteiger partial charge on any atom is -0.456 e. The number of nitrogens with zero attached hydrogens (tertiary/aromatic N) is 1. The summed E-state index contributed by atoms with van der Waals surface area (Å²) in [6, 6.07) is 62.4. The van der Waals surface area contributed by atoms with E-state index < -0.39 is 0 Å². The summed E-state index contributed by atoms with van der Waals surface area (Å²) in [5.41, 5.74) is 11.4. The van der Waals surface area contributed by atoms with Crippen LogP contribution in [0.1, 0.15) is 0 Å². The molecule has 3 nitrogen and oxygen atoms in total. The topological polar surface area (TPSA) is 29.5 Å². The highest BCUT2D eigenvalue weighted by molar-refractivity contribution is 7.26. The molecule has 0 saturated heterocycles. The molecule has 0 bridgehead atoms. The molecule has 0 fully saturated rings. The third kappa shape index (κ3) is 4.45. The van der Waals surface area contributed by atoms with Crippen LogP contribution in [-0.2, 0) is 0 Å². The molecular formula is C48H29NO2S. The van der Waals surface area contributed by atoms with Gasteiger partial charge in [-0.3, -0.25) is 0 Å². The van der Waals surface area contributed by atoms with E-state index in [1.54, 1.807) is 0 Å². The van der Waals surface area contributed by atoms with E-state index >= 15 is 0 Å². The molecule has 0 N–H and O–H groups in total. The van der Waals surface area contributed by atoms with Gasteiger partial charge in [0.05, 0.1) is 11.1 Å². The van der Waals surface area contributed by atoms with Gasteiger partial charge in [-0.05, 0) is 77.4 Å². The molecule has 0 aliphatic heterocycles. The molecule has 11 aromatic rings. The van der Waals surface area contributed by atoms with Crippen LogP contribution in [0.4, 0.5) is 17.1 Å². The Labute approximate surface area is 303 Å². The quantitative estimate of drug-likeness (QED) is 0.181. The van der Waals surface area contributed by atoms with Crippen molar-refractivity contribution in [1.29, 1.82) is 0 Å². The summed E-state index contributed by atoms with van der Waals surface area (Å²) in [7, 11) is 0. The van der Waals surface area contributed by atoms with E-state index in [1.165, 1.54) is 31.3 Å². The smallest absolute Gasteiger partial charge is 0.145 e. The Balaban J connectivity index is 1.21. The van der Waals surface area contributed by atoms with Crippen molar-refractivity contribution in [3.05, 3.63) is 176 Å². The van der Waals surface area contributed by atoms with Gasteiger partial charge in [0, 0.05) is 53.3 Å². The van der Waals surface area contributed by atoms with Gasteiger partial charge in [0.15, 0.2) is 0 Å². The van der Waals surface area contributed by atoms with Crippen LogP contribution in [0.15, 0.2) is 185 Å². The zero-order chi connectivity index (χ0) is 34.2. The monoisotopic (exact) mass is 683 g/mol.